The van der Waals surface area contributed by atoms with Crippen LogP contribution in [0.1, 0.15) is 38.7 Å². The van der Waals surface area contributed by atoms with Gasteiger partial charge in [0.05, 0.1) is 26.4 Å². The first-order valence-electron chi connectivity index (χ1n) is 11.1. The highest BCUT2D eigenvalue weighted by Crippen LogP contribution is 2.78. The zero-order chi connectivity index (χ0) is 24.2. The van der Waals surface area contributed by atoms with Gasteiger partial charge in [0.25, 0.3) is 0 Å². The average Bonchev–Trinajstić information content (AvgIpc) is 2.73. The summed E-state index contributed by atoms with van der Waals surface area (Å²) in [5, 5.41) is 0.611. The van der Waals surface area contributed by atoms with Crippen LogP contribution in [-0.4, -0.2) is 73.0 Å². The second-order valence-corrected chi connectivity index (χ2v) is 11.5. The van der Waals surface area contributed by atoms with Crippen LogP contribution in [0.15, 0.2) is 24.3 Å². The Hall–Kier alpha value is -0.695. The van der Waals surface area contributed by atoms with Crippen LogP contribution in [0.3, 0.4) is 0 Å². The Kier molecular flexibility index (Phi) is 13.3. The van der Waals surface area contributed by atoms with Gasteiger partial charge in [-0.3, -0.25) is 9.13 Å². The first kappa shape index (κ1) is 29.3. The van der Waals surface area contributed by atoms with E-state index in [4.69, 9.17) is 22.9 Å². The topological polar surface area (TPSA) is 86.8 Å². The van der Waals surface area contributed by atoms with Gasteiger partial charge >= 0.3 is 15.2 Å². The van der Waals surface area contributed by atoms with E-state index in [0.29, 0.717) is 12.1 Å². The molecule has 0 bridgehead atoms. The number of nitrogens with zero attached hydrogens (tertiary/aromatic N) is 2. The molecule has 0 heterocycles. The van der Waals surface area contributed by atoms with Gasteiger partial charge in [-0.05, 0) is 45.4 Å². The van der Waals surface area contributed by atoms with Crippen LogP contribution in [0, 0.1) is 0 Å². The molecular formula is C20H39BN2O7P2. The summed E-state index contributed by atoms with van der Waals surface area (Å²) in [5.41, 5.74) is 1.46. The van der Waals surface area contributed by atoms with Crippen molar-refractivity contribution in [2.24, 2.45) is 0 Å². The van der Waals surface area contributed by atoms with Crippen LogP contribution in [0.25, 0.3) is 0 Å². The fraction of sp³-hybridized carbons (Fsp3) is 0.700. The van der Waals surface area contributed by atoms with Crippen LogP contribution in [-0.2, 0) is 32.1 Å². The van der Waals surface area contributed by atoms with E-state index in [9.17, 15) is 9.13 Å². The number of benzene rings is 1. The van der Waals surface area contributed by atoms with Crippen LogP contribution in [0.2, 0.25) is 0 Å². The zero-order valence-electron chi connectivity index (χ0n) is 20.5. The molecule has 9 nitrogen and oxygen atoms in total. The Morgan fingerprint density at radius 3 is 1.62 bits per heavy atom. The highest BCUT2D eigenvalue weighted by atomic mass is 31.2. The Bertz CT molecular complexity index is 704. The summed E-state index contributed by atoms with van der Waals surface area (Å²) in [5.74, 6) is 0. The third-order valence-corrected chi connectivity index (χ3v) is 10.5. The quantitative estimate of drug-likeness (QED) is 0.181. The summed E-state index contributed by atoms with van der Waals surface area (Å²) in [7, 11) is -1.90. The zero-order valence-corrected chi connectivity index (χ0v) is 22.3. The highest BCUT2D eigenvalue weighted by Gasteiger charge is 2.51. The summed E-state index contributed by atoms with van der Waals surface area (Å²) < 4.78 is 49.8. The van der Waals surface area contributed by atoms with Gasteiger partial charge < -0.3 is 27.8 Å². The minimum Gasteiger partial charge on any atom is -0.373 e. The van der Waals surface area contributed by atoms with Crippen LogP contribution in [0.4, 0.5) is 5.69 Å². The van der Waals surface area contributed by atoms with E-state index in [1.807, 2.05) is 34.1 Å². The minimum atomic E-state index is -3.85. The van der Waals surface area contributed by atoms with E-state index in [-0.39, 0.29) is 26.4 Å². The molecule has 1 rings (SSSR count). The van der Waals surface area contributed by atoms with Gasteiger partial charge in [0.1, 0.15) is 7.85 Å². The van der Waals surface area contributed by atoms with E-state index >= 15 is 0 Å². The lowest BCUT2D eigenvalue weighted by Gasteiger charge is -2.32. The third kappa shape index (κ3) is 8.26. The molecule has 0 amide bonds. The molecule has 184 valence electrons. The summed E-state index contributed by atoms with van der Waals surface area (Å²) >= 11 is 0. The van der Waals surface area contributed by atoms with Gasteiger partial charge in [0.15, 0.2) is 5.40 Å². The van der Waals surface area contributed by atoms with Crippen molar-refractivity contribution in [3.05, 3.63) is 29.8 Å². The predicted octanol–water partition coefficient (Wildman–Crippen LogP) is 4.11. The van der Waals surface area contributed by atoms with Gasteiger partial charge in [-0.1, -0.05) is 12.1 Å². The van der Waals surface area contributed by atoms with Crippen molar-refractivity contribution in [1.82, 2.24) is 5.06 Å². The largest absolute Gasteiger partial charge is 0.373 e. The SMILES string of the molecule is BCON(C)CCN(C)c1ccc(C(P(=O)(OCC)OCC)P(=O)(OCC)OCC)cc1. The molecule has 1 aromatic carbocycles. The van der Waals surface area contributed by atoms with E-state index in [2.05, 4.69) is 4.90 Å². The molecule has 0 fully saturated rings. The van der Waals surface area contributed by atoms with Gasteiger partial charge in [-0.15, -0.1) is 0 Å². The van der Waals surface area contributed by atoms with Crippen molar-refractivity contribution in [1.29, 1.82) is 0 Å². The Morgan fingerprint density at radius 2 is 1.25 bits per heavy atom. The number of hydrogen-bond donors (Lipinski definition) is 0. The normalized spacial score (nSPS) is 12.6. The lowest BCUT2D eigenvalue weighted by molar-refractivity contribution is -0.117. The molecule has 0 unspecified atom stereocenters. The van der Waals surface area contributed by atoms with Crippen molar-refractivity contribution in [2.75, 3.05) is 65.0 Å². The second kappa shape index (κ2) is 14.5. The first-order chi connectivity index (χ1) is 15.2. The lowest BCUT2D eigenvalue weighted by Crippen LogP contribution is -2.31. The smallest absolute Gasteiger partial charge is 0.350 e. The van der Waals surface area contributed by atoms with Gasteiger partial charge in [0.2, 0.25) is 0 Å². The molecule has 0 N–H and O–H groups in total. The Labute approximate surface area is 194 Å². The molecule has 0 saturated carbocycles. The number of anilines is 1. The summed E-state index contributed by atoms with van der Waals surface area (Å²) in [6, 6.07) is 7.32. The third-order valence-electron chi connectivity index (χ3n) is 4.57. The molecule has 0 radical (unpaired) electrons. The monoisotopic (exact) mass is 492 g/mol. The van der Waals surface area contributed by atoms with Crippen LogP contribution >= 0.6 is 15.2 Å². The minimum absolute atomic E-state index is 0.139. The highest BCUT2D eigenvalue weighted by molar-refractivity contribution is 7.72. The van der Waals surface area contributed by atoms with Crippen molar-refractivity contribution >= 4 is 28.7 Å². The summed E-state index contributed by atoms with van der Waals surface area (Å²) in [4.78, 5) is 7.51. The molecule has 0 spiro atoms. The molecule has 0 saturated heterocycles. The number of likely N-dealkylation sites (N-methyl/N-ethyl adjacent to an activating group) is 2. The van der Waals surface area contributed by atoms with E-state index in [1.54, 1.807) is 44.9 Å². The van der Waals surface area contributed by atoms with Crippen molar-refractivity contribution in [2.45, 2.75) is 33.1 Å². The lowest BCUT2D eigenvalue weighted by atomic mass is 10.2. The van der Waals surface area contributed by atoms with Gasteiger partial charge in [-0.25, -0.2) is 0 Å². The number of rotatable bonds is 17. The Morgan fingerprint density at radius 1 is 0.812 bits per heavy atom. The number of hydrogen-bond acceptors (Lipinski definition) is 9. The molecule has 0 aliphatic heterocycles. The van der Waals surface area contributed by atoms with Crippen molar-refractivity contribution in [3.8, 4) is 0 Å². The van der Waals surface area contributed by atoms with E-state index in [1.165, 1.54) is 0 Å². The predicted molar refractivity (Wildman–Crippen MR) is 131 cm³/mol. The Balaban J connectivity index is 3.30. The first-order valence-corrected chi connectivity index (χ1v) is 14.4. The standard InChI is InChI=1S/C20H39BN2O7P2/c1-7-27-31(24,28-8-2)20(32(25,29-9-3)30-10-4)18-11-13-19(14-12-18)22(5)15-16-23(6)26-17-21/h11-14,20H,7-10,15-17,21H2,1-6H3. The molecule has 32 heavy (non-hydrogen) atoms. The molecule has 1 aromatic rings. The fourth-order valence-corrected chi connectivity index (χ4v) is 8.63. The fourth-order valence-electron chi connectivity index (χ4n) is 3.22. The maximum absolute atomic E-state index is 13.8. The molecule has 0 aromatic heterocycles. The second-order valence-electron chi connectivity index (χ2n) is 6.91. The molecule has 0 aliphatic carbocycles. The summed E-state index contributed by atoms with van der Waals surface area (Å²) in [6.45, 7) is 9.50. The molecular weight excluding hydrogens is 453 g/mol. The van der Waals surface area contributed by atoms with Crippen molar-refractivity contribution < 1.29 is 32.1 Å². The number of hydroxylamine groups is 2. The molecule has 12 heteroatoms. The van der Waals surface area contributed by atoms with Crippen molar-refractivity contribution in [3.63, 3.8) is 0 Å². The van der Waals surface area contributed by atoms with E-state index in [0.717, 1.165) is 18.8 Å². The molecule has 0 atom stereocenters. The summed E-state index contributed by atoms with van der Waals surface area (Å²) in [6.07, 6.45) is 0. The maximum atomic E-state index is 13.8. The average molecular weight is 492 g/mol. The van der Waals surface area contributed by atoms with Gasteiger partial charge in [-0.2, -0.15) is 5.06 Å². The van der Waals surface area contributed by atoms with E-state index < -0.39 is 20.6 Å². The molecule has 0 aliphatic rings. The van der Waals surface area contributed by atoms with Gasteiger partial charge in [0, 0.05) is 39.4 Å². The maximum Gasteiger partial charge on any atom is 0.350 e. The van der Waals surface area contributed by atoms with Crippen LogP contribution < -0.4 is 4.90 Å². The van der Waals surface area contributed by atoms with Crippen LogP contribution in [0.5, 0.6) is 0 Å².